The van der Waals surface area contributed by atoms with Gasteiger partial charge in [-0.1, -0.05) is 48.5 Å². The van der Waals surface area contributed by atoms with Gasteiger partial charge < -0.3 is 10.6 Å². The van der Waals surface area contributed by atoms with Gasteiger partial charge in [0.15, 0.2) is 5.69 Å². The lowest BCUT2D eigenvalue weighted by Crippen LogP contribution is -2.15. The van der Waals surface area contributed by atoms with Gasteiger partial charge in [0.05, 0.1) is 0 Å². The molecule has 0 bridgehead atoms. The van der Waals surface area contributed by atoms with Crippen LogP contribution in [0.2, 0.25) is 0 Å². The molecule has 0 saturated heterocycles. The average molecular weight is 332 g/mol. The summed E-state index contributed by atoms with van der Waals surface area (Å²) in [4.78, 5) is 12.2. The molecule has 0 radical (unpaired) electrons. The van der Waals surface area contributed by atoms with Crippen LogP contribution >= 0.6 is 0 Å². The van der Waals surface area contributed by atoms with Crippen LogP contribution in [0.5, 0.6) is 0 Å². The van der Waals surface area contributed by atoms with E-state index in [0.717, 1.165) is 24.2 Å². The minimum absolute atomic E-state index is 0.266. The van der Waals surface area contributed by atoms with Crippen LogP contribution in [-0.2, 0) is 6.42 Å². The fraction of sp³-hybridized carbons (Fsp3) is 0.150. The smallest absolute Gasteiger partial charge is 0.276 e. The Labute approximate surface area is 147 Å². The Bertz CT molecular complexity index is 832. The van der Waals surface area contributed by atoms with Crippen LogP contribution < -0.4 is 10.6 Å². The van der Waals surface area contributed by atoms with E-state index >= 15 is 0 Å². The minimum Gasteiger partial charge on any atom is -0.368 e. The van der Waals surface area contributed by atoms with E-state index in [0.29, 0.717) is 5.82 Å². The predicted octanol–water partition coefficient (Wildman–Crippen LogP) is 3.69. The maximum atomic E-state index is 12.2. The maximum Gasteiger partial charge on any atom is 0.276 e. The summed E-state index contributed by atoms with van der Waals surface area (Å²) in [6, 6.07) is 21.3. The molecule has 25 heavy (non-hydrogen) atoms. The Morgan fingerprint density at radius 2 is 1.68 bits per heavy atom. The number of hydrogen-bond acceptors (Lipinski definition) is 4. The van der Waals surface area contributed by atoms with Gasteiger partial charge in [-0.25, -0.2) is 0 Å². The lowest BCUT2D eigenvalue weighted by Gasteiger charge is -2.08. The van der Waals surface area contributed by atoms with E-state index in [-0.39, 0.29) is 11.6 Å². The Kier molecular flexibility index (Phi) is 5.36. The molecule has 5 nitrogen and oxygen atoms in total. The monoisotopic (exact) mass is 332 g/mol. The summed E-state index contributed by atoms with van der Waals surface area (Å²) in [5.74, 6) is 0.390. The first-order valence-electron chi connectivity index (χ1n) is 8.21. The zero-order chi connectivity index (χ0) is 17.5. The minimum atomic E-state index is -0.266. The van der Waals surface area contributed by atoms with Gasteiger partial charge in [0, 0.05) is 12.2 Å². The van der Waals surface area contributed by atoms with E-state index in [9.17, 15) is 4.79 Å². The largest absolute Gasteiger partial charge is 0.368 e. The van der Waals surface area contributed by atoms with Crippen LogP contribution in [-0.4, -0.2) is 22.6 Å². The number of carbonyl (C=O) groups excluding carboxylic acids is 1. The second-order valence-corrected chi connectivity index (χ2v) is 5.74. The molecule has 1 heterocycles. The first-order valence-corrected chi connectivity index (χ1v) is 8.21. The second-order valence-electron chi connectivity index (χ2n) is 5.74. The van der Waals surface area contributed by atoms with Crippen molar-refractivity contribution in [3.8, 4) is 0 Å². The number of nitrogens with zero attached hydrogens (tertiary/aromatic N) is 2. The van der Waals surface area contributed by atoms with Crippen molar-refractivity contribution >= 4 is 17.4 Å². The SMILES string of the molecule is Cc1ccccc1NC(=O)c1ccc(NCCc2ccccc2)nn1. The van der Waals surface area contributed by atoms with Crippen molar-refractivity contribution in [2.45, 2.75) is 13.3 Å². The molecule has 0 aliphatic heterocycles. The first kappa shape index (κ1) is 16.6. The lowest BCUT2D eigenvalue weighted by atomic mass is 10.1. The molecule has 5 heteroatoms. The molecule has 0 unspecified atom stereocenters. The molecular formula is C20H20N4O. The lowest BCUT2D eigenvalue weighted by molar-refractivity contribution is 0.102. The zero-order valence-electron chi connectivity index (χ0n) is 14.1. The third-order valence-electron chi connectivity index (χ3n) is 3.85. The third-order valence-corrected chi connectivity index (χ3v) is 3.85. The average Bonchev–Trinajstić information content (AvgIpc) is 2.65. The number of aromatic nitrogens is 2. The standard InChI is InChI=1S/C20H20N4O/c1-15-7-5-6-10-17(15)22-20(25)18-11-12-19(24-23-18)21-14-13-16-8-3-2-4-9-16/h2-12H,13-14H2,1H3,(H,21,24)(H,22,25). The highest BCUT2D eigenvalue weighted by molar-refractivity contribution is 6.03. The van der Waals surface area contributed by atoms with Gasteiger partial charge >= 0.3 is 0 Å². The number of benzene rings is 2. The van der Waals surface area contributed by atoms with Crippen molar-refractivity contribution in [2.75, 3.05) is 17.2 Å². The van der Waals surface area contributed by atoms with Gasteiger partial charge in [-0.15, -0.1) is 10.2 Å². The Morgan fingerprint density at radius 3 is 2.40 bits per heavy atom. The summed E-state index contributed by atoms with van der Waals surface area (Å²) in [5, 5.41) is 14.1. The summed E-state index contributed by atoms with van der Waals surface area (Å²) in [6.07, 6.45) is 0.901. The fourth-order valence-corrected chi connectivity index (χ4v) is 2.43. The number of rotatable bonds is 6. The third kappa shape index (κ3) is 4.64. The van der Waals surface area contributed by atoms with E-state index < -0.39 is 0 Å². The van der Waals surface area contributed by atoms with Crippen molar-refractivity contribution in [1.82, 2.24) is 10.2 Å². The van der Waals surface area contributed by atoms with Crippen LogP contribution in [0.3, 0.4) is 0 Å². The van der Waals surface area contributed by atoms with Gasteiger partial charge in [-0.2, -0.15) is 0 Å². The molecular weight excluding hydrogens is 312 g/mol. The number of aryl methyl sites for hydroxylation is 1. The van der Waals surface area contributed by atoms with Gasteiger partial charge in [-0.05, 0) is 42.7 Å². The molecule has 0 aliphatic rings. The quantitative estimate of drug-likeness (QED) is 0.722. The van der Waals surface area contributed by atoms with Gasteiger partial charge in [0.2, 0.25) is 0 Å². The summed E-state index contributed by atoms with van der Waals surface area (Å²) in [5.41, 5.74) is 3.33. The number of anilines is 2. The van der Waals surface area contributed by atoms with Crippen molar-refractivity contribution in [1.29, 1.82) is 0 Å². The van der Waals surface area contributed by atoms with Crippen molar-refractivity contribution in [3.05, 3.63) is 83.6 Å². The molecule has 0 fully saturated rings. The number of para-hydroxylation sites is 1. The molecule has 1 amide bonds. The second kappa shape index (κ2) is 8.06. The van der Waals surface area contributed by atoms with E-state index in [1.165, 1.54) is 5.56 Å². The fourth-order valence-electron chi connectivity index (χ4n) is 2.43. The van der Waals surface area contributed by atoms with Crippen molar-refractivity contribution < 1.29 is 4.79 Å². The molecule has 0 atom stereocenters. The Balaban J connectivity index is 1.54. The van der Waals surface area contributed by atoms with E-state index in [1.807, 2.05) is 49.4 Å². The Morgan fingerprint density at radius 1 is 0.920 bits per heavy atom. The molecule has 3 rings (SSSR count). The van der Waals surface area contributed by atoms with Crippen molar-refractivity contribution in [2.24, 2.45) is 0 Å². The molecule has 0 spiro atoms. The number of nitrogens with one attached hydrogen (secondary N) is 2. The molecule has 0 aliphatic carbocycles. The van der Waals surface area contributed by atoms with Crippen LogP contribution in [0.4, 0.5) is 11.5 Å². The Hall–Kier alpha value is -3.21. The summed E-state index contributed by atoms with van der Waals surface area (Å²) >= 11 is 0. The van der Waals surface area contributed by atoms with E-state index in [4.69, 9.17) is 0 Å². The summed E-state index contributed by atoms with van der Waals surface area (Å²) < 4.78 is 0. The molecule has 3 aromatic rings. The van der Waals surface area contributed by atoms with Crippen molar-refractivity contribution in [3.63, 3.8) is 0 Å². The molecule has 2 N–H and O–H groups in total. The molecule has 1 aromatic heterocycles. The van der Waals surface area contributed by atoms with Crippen LogP contribution in [0.15, 0.2) is 66.7 Å². The highest BCUT2D eigenvalue weighted by Crippen LogP contribution is 2.14. The number of hydrogen-bond donors (Lipinski definition) is 2. The molecule has 0 saturated carbocycles. The number of amides is 1. The topological polar surface area (TPSA) is 66.9 Å². The van der Waals surface area contributed by atoms with Gasteiger partial charge in [-0.3, -0.25) is 4.79 Å². The number of carbonyl (C=O) groups is 1. The van der Waals surface area contributed by atoms with Crippen LogP contribution in [0.25, 0.3) is 0 Å². The van der Waals surface area contributed by atoms with Gasteiger partial charge in [0.1, 0.15) is 5.82 Å². The normalized spacial score (nSPS) is 10.3. The highest BCUT2D eigenvalue weighted by atomic mass is 16.1. The van der Waals surface area contributed by atoms with Gasteiger partial charge in [0.25, 0.3) is 5.91 Å². The molecule has 2 aromatic carbocycles. The first-order chi connectivity index (χ1) is 12.2. The van der Waals surface area contributed by atoms with Crippen LogP contribution in [0, 0.1) is 6.92 Å². The van der Waals surface area contributed by atoms with E-state index in [1.54, 1.807) is 12.1 Å². The zero-order valence-corrected chi connectivity index (χ0v) is 14.1. The highest BCUT2D eigenvalue weighted by Gasteiger charge is 2.09. The predicted molar refractivity (Wildman–Crippen MR) is 99.8 cm³/mol. The van der Waals surface area contributed by atoms with Crippen LogP contribution in [0.1, 0.15) is 21.6 Å². The summed E-state index contributed by atoms with van der Waals surface area (Å²) in [6.45, 7) is 2.70. The van der Waals surface area contributed by atoms with E-state index in [2.05, 4.69) is 33.0 Å². The summed E-state index contributed by atoms with van der Waals surface area (Å²) in [7, 11) is 0. The molecule has 126 valence electrons. The maximum absolute atomic E-state index is 12.2.